The van der Waals surface area contributed by atoms with Gasteiger partial charge in [0.25, 0.3) is 0 Å². The maximum Gasteiger partial charge on any atom is 0.239 e. The van der Waals surface area contributed by atoms with E-state index < -0.39 is 29.4 Å². The van der Waals surface area contributed by atoms with Crippen LogP contribution >= 0.6 is 0 Å². The van der Waals surface area contributed by atoms with Crippen molar-refractivity contribution in [3.05, 3.63) is 17.7 Å². The van der Waals surface area contributed by atoms with Gasteiger partial charge in [-0.3, -0.25) is 4.79 Å². The molecule has 1 heterocycles. The molecule has 0 aliphatic heterocycles. The van der Waals surface area contributed by atoms with Crippen LogP contribution in [0.15, 0.2) is 6.07 Å². The normalized spacial score (nSPS) is 12.2. The van der Waals surface area contributed by atoms with Crippen LogP contribution in [0.3, 0.4) is 0 Å². The molecule has 1 atom stereocenters. The molecule has 15 heavy (non-hydrogen) atoms. The topological polar surface area (TPSA) is 94.0 Å². The van der Waals surface area contributed by atoms with E-state index in [4.69, 9.17) is 11.5 Å². The number of aromatic nitrogens is 1. The molecule has 7 heteroatoms. The van der Waals surface area contributed by atoms with Crippen molar-refractivity contribution in [1.82, 2.24) is 4.98 Å². The number of nitrogens with zero attached hydrogens (tertiary/aromatic N) is 1. The number of halogens is 2. The number of hydrogen-bond donors (Lipinski definition) is 3. The van der Waals surface area contributed by atoms with Gasteiger partial charge in [-0.1, -0.05) is 0 Å². The van der Waals surface area contributed by atoms with E-state index in [1.165, 1.54) is 6.92 Å². The smallest absolute Gasteiger partial charge is 0.239 e. The lowest BCUT2D eigenvalue weighted by atomic mass is 10.3. The molecule has 1 aromatic heterocycles. The van der Waals surface area contributed by atoms with Gasteiger partial charge in [0.15, 0.2) is 23.3 Å². The summed E-state index contributed by atoms with van der Waals surface area (Å²) < 4.78 is 25.8. The molecule has 82 valence electrons. The van der Waals surface area contributed by atoms with Crippen molar-refractivity contribution in [3.63, 3.8) is 0 Å². The Morgan fingerprint density at radius 3 is 2.67 bits per heavy atom. The maximum absolute atomic E-state index is 13.1. The van der Waals surface area contributed by atoms with Crippen molar-refractivity contribution in [2.45, 2.75) is 13.0 Å². The Morgan fingerprint density at radius 2 is 2.13 bits per heavy atom. The first-order valence-electron chi connectivity index (χ1n) is 4.09. The number of nitrogens with one attached hydrogen (secondary N) is 1. The molecule has 0 spiro atoms. The zero-order valence-corrected chi connectivity index (χ0v) is 7.92. The third-order valence-electron chi connectivity index (χ3n) is 1.74. The molecule has 5 N–H and O–H groups in total. The number of carbonyl (C=O) groups is 1. The lowest BCUT2D eigenvalue weighted by Gasteiger charge is -2.11. The zero-order chi connectivity index (χ0) is 11.6. The van der Waals surface area contributed by atoms with Crippen LogP contribution in [0.1, 0.15) is 6.92 Å². The molecule has 1 unspecified atom stereocenters. The van der Waals surface area contributed by atoms with E-state index in [2.05, 4.69) is 10.3 Å². The highest BCUT2D eigenvalue weighted by atomic mass is 19.1. The third kappa shape index (κ3) is 2.52. The highest BCUT2D eigenvalue weighted by molar-refractivity contribution is 5.82. The van der Waals surface area contributed by atoms with E-state index in [0.29, 0.717) is 6.07 Å². The van der Waals surface area contributed by atoms with Crippen molar-refractivity contribution in [1.29, 1.82) is 0 Å². The summed E-state index contributed by atoms with van der Waals surface area (Å²) in [5.41, 5.74) is 10.1. The number of anilines is 2. The fraction of sp³-hybridized carbons (Fsp3) is 0.250. The number of nitrogens with two attached hydrogens (primary N) is 2. The highest BCUT2D eigenvalue weighted by Gasteiger charge is 2.14. The van der Waals surface area contributed by atoms with Gasteiger partial charge < -0.3 is 16.8 Å². The summed E-state index contributed by atoms with van der Waals surface area (Å²) in [6, 6.07) is -0.241. The largest absolute Gasteiger partial charge is 0.381 e. The molecular weight excluding hydrogens is 206 g/mol. The fourth-order valence-electron chi connectivity index (χ4n) is 0.858. The quantitative estimate of drug-likeness (QED) is 0.674. The average Bonchev–Trinajstić information content (AvgIpc) is 2.13. The van der Waals surface area contributed by atoms with E-state index in [-0.39, 0.29) is 5.82 Å². The van der Waals surface area contributed by atoms with E-state index in [1.54, 1.807) is 0 Å². The molecule has 1 amide bonds. The Kier molecular flexibility index (Phi) is 3.03. The van der Waals surface area contributed by atoms with Crippen molar-refractivity contribution in [2.24, 2.45) is 5.73 Å². The molecule has 0 fully saturated rings. The van der Waals surface area contributed by atoms with Gasteiger partial charge in [0.05, 0.1) is 0 Å². The maximum atomic E-state index is 13.1. The minimum absolute atomic E-state index is 0.305. The number of nitrogen functional groups attached to an aromatic ring is 1. The first kappa shape index (κ1) is 11.2. The van der Waals surface area contributed by atoms with Crippen molar-refractivity contribution < 1.29 is 13.6 Å². The fourth-order valence-corrected chi connectivity index (χ4v) is 0.858. The molecular formula is C8H10F2N4O. The molecule has 5 nitrogen and oxygen atoms in total. The van der Waals surface area contributed by atoms with Crippen LogP contribution < -0.4 is 16.8 Å². The predicted molar refractivity (Wildman–Crippen MR) is 50.8 cm³/mol. The summed E-state index contributed by atoms with van der Waals surface area (Å²) in [4.78, 5) is 14.1. The van der Waals surface area contributed by atoms with Crippen LogP contribution in [0.5, 0.6) is 0 Å². The second kappa shape index (κ2) is 4.07. The summed E-state index contributed by atoms with van der Waals surface area (Å²) >= 11 is 0. The van der Waals surface area contributed by atoms with Gasteiger partial charge in [-0.05, 0) is 6.92 Å². The van der Waals surface area contributed by atoms with Crippen LogP contribution in [0, 0.1) is 11.6 Å². The summed E-state index contributed by atoms with van der Waals surface area (Å²) in [6.45, 7) is 1.42. The Morgan fingerprint density at radius 1 is 1.53 bits per heavy atom. The predicted octanol–water partition coefficient (Wildman–Crippen LogP) is 0.228. The Bertz CT molecular complexity index is 396. The number of hydrogen-bond acceptors (Lipinski definition) is 4. The van der Waals surface area contributed by atoms with E-state index in [0.717, 1.165) is 0 Å². The van der Waals surface area contributed by atoms with Crippen LogP contribution in [-0.2, 0) is 4.79 Å². The summed E-state index contributed by atoms with van der Waals surface area (Å²) in [6.07, 6.45) is 0. The molecule has 0 aliphatic carbocycles. The number of rotatable bonds is 3. The van der Waals surface area contributed by atoms with E-state index in [1.807, 2.05) is 0 Å². The number of primary amides is 1. The lowest BCUT2D eigenvalue weighted by molar-refractivity contribution is -0.118. The van der Waals surface area contributed by atoms with Gasteiger partial charge in [0.2, 0.25) is 5.91 Å². The van der Waals surface area contributed by atoms with Gasteiger partial charge in [-0.2, -0.15) is 0 Å². The minimum atomic E-state index is -0.954. The van der Waals surface area contributed by atoms with Crippen molar-refractivity contribution in [2.75, 3.05) is 11.1 Å². The Labute approximate surface area is 84.5 Å². The minimum Gasteiger partial charge on any atom is -0.381 e. The van der Waals surface area contributed by atoms with Gasteiger partial charge in [0, 0.05) is 6.07 Å². The summed E-state index contributed by atoms with van der Waals surface area (Å²) in [7, 11) is 0. The number of carbonyl (C=O) groups excluding carboxylic acids is 1. The van der Waals surface area contributed by atoms with Gasteiger partial charge >= 0.3 is 0 Å². The first-order chi connectivity index (χ1) is 6.91. The average molecular weight is 216 g/mol. The number of pyridine rings is 1. The van der Waals surface area contributed by atoms with Gasteiger partial charge in [0.1, 0.15) is 6.04 Å². The molecule has 0 saturated carbocycles. The zero-order valence-electron chi connectivity index (χ0n) is 7.92. The first-order valence-corrected chi connectivity index (χ1v) is 4.09. The second-order valence-corrected chi connectivity index (χ2v) is 2.95. The van der Waals surface area contributed by atoms with E-state index >= 15 is 0 Å². The van der Waals surface area contributed by atoms with Gasteiger partial charge in [-0.15, -0.1) is 0 Å². The summed E-state index contributed by atoms with van der Waals surface area (Å²) in [5, 5.41) is 2.37. The molecule has 1 aromatic rings. The van der Waals surface area contributed by atoms with Crippen LogP contribution in [0.2, 0.25) is 0 Å². The number of amides is 1. The monoisotopic (exact) mass is 216 g/mol. The molecule has 0 radical (unpaired) electrons. The molecule has 0 aromatic carbocycles. The van der Waals surface area contributed by atoms with Crippen molar-refractivity contribution in [3.8, 4) is 0 Å². The van der Waals surface area contributed by atoms with Crippen LogP contribution in [0.25, 0.3) is 0 Å². The highest BCUT2D eigenvalue weighted by Crippen LogP contribution is 2.16. The summed E-state index contributed by atoms with van der Waals surface area (Å²) in [5.74, 6) is -3.32. The Balaban J connectivity index is 2.95. The molecule has 0 saturated heterocycles. The van der Waals surface area contributed by atoms with Crippen LogP contribution in [-0.4, -0.2) is 16.9 Å². The third-order valence-corrected chi connectivity index (χ3v) is 1.74. The standard InChI is InChI=1S/C8H10F2N4O/c1-3(7(12)15)13-8-5(10)2-4(9)6(11)14-8/h2-3H,1H3,(H2,12,15)(H3,11,13,14). The van der Waals surface area contributed by atoms with E-state index in [9.17, 15) is 13.6 Å². The Hall–Kier alpha value is -1.92. The SMILES string of the molecule is CC(Nc1nc(N)c(F)cc1F)C(N)=O. The van der Waals surface area contributed by atoms with Crippen molar-refractivity contribution >= 4 is 17.5 Å². The van der Waals surface area contributed by atoms with Crippen LogP contribution in [0.4, 0.5) is 20.4 Å². The molecule has 0 bridgehead atoms. The molecule has 0 aliphatic rings. The molecule has 1 rings (SSSR count). The lowest BCUT2D eigenvalue weighted by Crippen LogP contribution is -2.33. The van der Waals surface area contributed by atoms with Gasteiger partial charge in [-0.25, -0.2) is 13.8 Å². The second-order valence-electron chi connectivity index (χ2n) is 2.95.